The molecule has 0 aliphatic carbocycles. The van der Waals surface area contributed by atoms with Crippen molar-refractivity contribution in [2.45, 2.75) is 71.6 Å². The maximum absolute atomic E-state index is 11.2. The van der Waals surface area contributed by atoms with Crippen molar-refractivity contribution in [2.24, 2.45) is 5.92 Å². The zero-order valence-corrected chi connectivity index (χ0v) is 12.2. The molecule has 1 aliphatic rings. The molecule has 108 valence electrons. The summed E-state index contributed by atoms with van der Waals surface area (Å²) in [5, 5.41) is 0. The predicted molar refractivity (Wildman–Crippen MR) is 75.6 cm³/mol. The van der Waals surface area contributed by atoms with Crippen LogP contribution in [-0.4, -0.2) is 11.9 Å². The first-order chi connectivity index (χ1) is 9.09. The minimum absolute atomic E-state index is 0.446. The van der Waals surface area contributed by atoms with E-state index in [1.807, 2.05) is 0 Å². The number of carbonyl (C=O) groups excluding carboxylic acids is 2. The number of hydrogen-bond acceptors (Lipinski definition) is 3. The Bertz CT molecular complexity index is 329. The molecule has 1 aliphatic heterocycles. The molecular formula is C16H26O3. The van der Waals surface area contributed by atoms with Gasteiger partial charge in [-0.25, -0.2) is 9.59 Å². The summed E-state index contributed by atoms with van der Waals surface area (Å²) >= 11 is 0. The molecule has 0 saturated heterocycles. The second-order valence-electron chi connectivity index (χ2n) is 5.79. The number of carbonyl (C=O) groups is 2. The summed E-state index contributed by atoms with van der Waals surface area (Å²) in [4.78, 5) is 22.0. The molecule has 0 N–H and O–H groups in total. The second kappa shape index (κ2) is 8.89. The molecule has 0 radical (unpaired) electrons. The largest absolute Gasteiger partial charge is 0.386 e. The molecule has 1 rings (SSSR count). The maximum Gasteiger partial charge on any atom is 0.342 e. The SMILES string of the molecule is CC(C)CCCCCCCCCC1=CC(=O)OC1=O. The van der Waals surface area contributed by atoms with Crippen LogP contribution in [0, 0.1) is 5.92 Å². The van der Waals surface area contributed by atoms with Gasteiger partial charge < -0.3 is 4.74 Å². The van der Waals surface area contributed by atoms with Crippen molar-refractivity contribution in [1.29, 1.82) is 0 Å². The highest BCUT2D eigenvalue weighted by Crippen LogP contribution is 2.17. The Labute approximate surface area is 116 Å². The van der Waals surface area contributed by atoms with Gasteiger partial charge in [0.2, 0.25) is 0 Å². The molecule has 0 atom stereocenters. The maximum atomic E-state index is 11.2. The third-order valence-corrected chi connectivity index (χ3v) is 3.48. The lowest BCUT2D eigenvalue weighted by Gasteiger charge is -2.04. The van der Waals surface area contributed by atoms with E-state index in [0.717, 1.165) is 18.8 Å². The van der Waals surface area contributed by atoms with Gasteiger partial charge in [-0.1, -0.05) is 58.8 Å². The van der Waals surface area contributed by atoms with Crippen LogP contribution in [0.25, 0.3) is 0 Å². The van der Waals surface area contributed by atoms with Gasteiger partial charge in [0.25, 0.3) is 0 Å². The third-order valence-electron chi connectivity index (χ3n) is 3.48. The van der Waals surface area contributed by atoms with Gasteiger partial charge in [0.05, 0.1) is 0 Å². The normalized spacial score (nSPS) is 15.0. The monoisotopic (exact) mass is 266 g/mol. The van der Waals surface area contributed by atoms with E-state index in [1.54, 1.807) is 0 Å². The smallest absolute Gasteiger partial charge is 0.342 e. The summed E-state index contributed by atoms with van der Waals surface area (Å²) in [6.07, 6.45) is 11.9. The molecule has 0 amide bonds. The van der Waals surface area contributed by atoms with Crippen LogP contribution in [0.4, 0.5) is 0 Å². The highest BCUT2D eigenvalue weighted by molar-refractivity contribution is 6.08. The van der Waals surface area contributed by atoms with Crippen molar-refractivity contribution in [3.63, 3.8) is 0 Å². The van der Waals surface area contributed by atoms with E-state index in [2.05, 4.69) is 18.6 Å². The fourth-order valence-electron chi connectivity index (χ4n) is 2.31. The van der Waals surface area contributed by atoms with Gasteiger partial charge in [-0.3, -0.25) is 0 Å². The lowest BCUT2D eigenvalue weighted by Crippen LogP contribution is -2.01. The van der Waals surface area contributed by atoms with Crippen LogP contribution in [0.1, 0.15) is 71.6 Å². The summed E-state index contributed by atoms with van der Waals surface area (Å²) < 4.78 is 4.45. The van der Waals surface area contributed by atoms with Crippen LogP contribution in [0.15, 0.2) is 11.6 Å². The molecule has 0 fully saturated rings. The average Bonchev–Trinajstić information content (AvgIpc) is 2.65. The number of esters is 2. The number of unbranched alkanes of at least 4 members (excludes halogenated alkanes) is 6. The van der Waals surface area contributed by atoms with Gasteiger partial charge >= 0.3 is 11.9 Å². The average molecular weight is 266 g/mol. The van der Waals surface area contributed by atoms with Crippen molar-refractivity contribution >= 4 is 11.9 Å². The van der Waals surface area contributed by atoms with Crippen LogP contribution in [-0.2, 0) is 14.3 Å². The fraction of sp³-hybridized carbons (Fsp3) is 0.750. The van der Waals surface area contributed by atoms with E-state index in [-0.39, 0.29) is 0 Å². The molecule has 19 heavy (non-hydrogen) atoms. The van der Waals surface area contributed by atoms with Crippen molar-refractivity contribution in [3.05, 3.63) is 11.6 Å². The number of ether oxygens (including phenoxy) is 1. The molecule has 0 aromatic carbocycles. The molecule has 0 spiro atoms. The molecule has 0 aromatic rings. The summed E-state index contributed by atoms with van der Waals surface area (Å²) in [5.41, 5.74) is 0.543. The van der Waals surface area contributed by atoms with Crippen molar-refractivity contribution in [2.75, 3.05) is 0 Å². The Morgan fingerprint density at radius 3 is 2.05 bits per heavy atom. The molecule has 0 bridgehead atoms. The predicted octanol–water partition coefficient (Wildman–Crippen LogP) is 4.16. The number of cyclic esters (lactones) is 2. The Hall–Kier alpha value is -1.12. The van der Waals surface area contributed by atoms with Crippen LogP contribution < -0.4 is 0 Å². The first-order valence-corrected chi connectivity index (χ1v) is 7.56. The van der Waals surface area contributed by atoms with Gasteiger partial charge in [0.15, 0.2) is 0 Å². The van der Waals surface area contributed by atoms with E-state index in [9.17, 15) is 9.59 Å². The van der Waals surface area contributed by atoms with Crippen LogP contribution >= 0.6 is 0 Å². The Kier molecular flexibility index (Phi) is 7.46. The Morgan fingerprint density at radius 1 is 0.947 bits per heavy atom. The summed E-state index contributed by atoms with van der Waals surface area (Å²) in [6, 6.07) is 0. The molecule has 1 heterocycles. The van der Waals surface area contributed by atoms with E-state index in [0.29, 0.717) is 12.0 Å². The lowest BCUT2D eigenvalue weighted by atomic mass is 10.0. The van der Waals surface area contributed by atoms with Crippen molar-refractivity contribution < 1.29 is 14.3 Å². The van der Waals surface area contributed by atoms with Crippen LogP contribution in [0.5, 0.6) is 0 Å². The quantitative estimate of drug-likeness (QED) is 0.339. The number of rotatable bonds is 10. The highest BCUT2D eigenvalue weighted by atomic mass is 16.6. The molecule has 3 nitrogen and oxygen atoms in total. The summed E-state index contributed by atoms with van der Waals surface area (Å²) in [6.45, 7) is 4.54. The van der Waals surface area contributed by atoms with Gasteiger partial charge in [-0.2, -0.15) is 0 Å². The van der Waals surface area contributed by atoms with Crippen LogP contribution in [0.3, 0.4) is 0 Å². The summed E-state index contributed by atoms with van der Waals surface area (Å²) in [7, 11) is 0. The Morgan fingerprint density at radius 2 is 1.53 bits per heavy atom. The fourth-order valence-corrected chi connectivity index (χ4v) is 2.31. The molecule has 0 saturated carbocycles. The minimum atomic E-state index is -0.509. The third kappa shape index (κ3) is 7.14. The topological polar surface area (TPSA) is 43.4 Å². The lowest BCUT2D eigenvalue weighted by molar-refractivity contribution is -0.150. The minimum Gasteiger partial charge on any atom is -0.386 e. The van der Waals surface area contributed by atoms with E-state index in [4.69, 9.17) is 0 Å². The van der Waals surface area contributed by atoms with Crippen molar-refractivity contribution in [1.82, 2.24) is 0 Å². The van der Waals surface area contributed by atoms with Crippen molar-refractivity contribution in [3.8, 4) is 0 Å². The number of hydrogen-bond donors (Lipinski definition) is 0. The van der Waals surface area contributed by atoms with Gasteiger partial charge in [-0.15, -0.1) is 0 Å². The zero-order chi connectivity index (χ0) is 14.1. The Balaban J connectivity index is 1.90. The van der Waals surface area contributed by atoms with E-state index >= 15 is 0 Å². The molecular weight excluding hydrogens is 240 g/mol. The van der Waals surface area contributed by atoms with Gasteiger partial charge in [-0.05, 0) is 18.8 Å². The summed E-state index contributed by atoms with van der Waals surface area (Å²) in [5.74, 6) is -0.133. The first kappa shape index (κ1) is 15.9. The van der Waals surface area contributed by atoms with E-state index in [1.165, 1.54) is 44.6 Å². The second-order valence-corrected chi connectivity index (χ2v) is 5.79. The first-order valence-electron chi connectivity index (χ1n) is 7.56. The standard InChI is InChI=1S/C16H26O3/c1-13(2)10-8-6-4-3-5-7-9-11-14-12-15(17)19-16(14)18/h12-13H,3-11H2,1-2H3. The molecule has 3 heteroatoms. The van der Waals surface area contributed by atoms with Gasteiger partial charge in [0.1, 0.15) is 0 Å². The zero-order valence-electron chi connectivity index (χ0n) is 12.2. The molecule has 0 unspecified atom stereocenters. The van der Waals surface area contributed by atoms with Gasteiger partial charge in [0, 0.05) is 11.6 Å². The highest BCUT2D eigenvalue weighted by Gasteiger charge is 2.22. The van der Waals surface area contributed by atoms with E-state index < -0.39 is 11.9 Å². The molecule has 0 aromatic heterocycles. The van der Waals surface area contributed by atoms with Crippen LogP contribution in [0.2, 0.25) is 0 Å².